The van der Waals surface area contributed by atoms with E-state index in [0.29, 0.717) is 19.3 Å². The van der Waals surface area contributed by atoms with Crippen LogP contribution in [0.15, 0.2) is 121 Å². The highest BCUT2D eigenvalue weighted by atomic mass is 16.6. The molecule has 10 N–H and O–H groups in total. The van der Waals surface area contributed by atoms with E-state index in [2.05, 4.69) is 26.0 Å². The van der Waals surface area contributed by atoms with Gasteiger partial charge in [-0.05, 0) is 76.6 Å². The van der Waals surface area contributed by atoms with Crippen molar-refractivity contribution < 1.29 is 72.4 Å². The van der Waals surface area contributed by atoms with Gasteiger partial charge in [-0.15, -0.1) is 0 Å². The third-order valence-corrected chi connectivity index (χ3v) is 13.3. The van der Waals surface area contributed by atoms with Crippen molar-refractivity contribution in [1.29, 1.82) is 0 Å². The number of methoxy groups -OCH3 is 1. The van der Waals surface area contributed by atoms with Gasteiger partial charge < -0.3 is 57.2 Å². The molecule has 88 heavy (non-hydrogen) atoms. The molecule has 0 spiro atoms. The van der Waals surface area contributed by atoms with E-state index in [0.717, 1.165) is 22.3 Å². The first-order valence-electron chi connectivity index (χ1n) is 29.5. The zero-order valence-corrected chi connectivity index (χ0v) is 53.0. The molecule has 4 aromatic rings. The minimum atomic E-state index is -1.25. The fourth-order valence-electron chi connectivity index (χ4n) is 8.35. The molecule has 0 aliphatic rings. The van der Waals surface area contributed by atoms with Crippen LogP contribution in [0.3, 0.4) is 0 Å². The lowest BCUT2D eigenvalue weighted by Crippen LogP contribution is -2.53. The Labute approximate surface area is 518 Å². The van der Waals surface area contributed by atoms with Crippen LogP contribution in [-0.2, 0) is 87.8 Å². The van der Waals surface area contributed by atoms with Gasteiger partial charge >= 0.3 is 17.9 Å². The molecule has 4 rings (SSSR count). The lowest BCUT2D eigenvalue weighted by atomic mass is 9.89. The van der Waals surface area contributed by atoms with Gasteiger partial charge in [-0.2, -0.15) is 0 Å². The molecule has 0 unspecified atom stereocenters. The van der Waals surface area contributed by atoms with Gasteiger partial charge in [-0.3, -0.25) is 33.6 Å². The van der Waals surface area contributed by atoms with Gasteiger partial charge in [0.1, 0.15) is 47.1 Å². The maximum absolute atomic E-state index is 13.2. The average Bonchev–Trinajstić information content (AvgIpc) is 3.57. The highest BCUT2D eigenvalue weighted by molar-refractivity contribution is 5.95. The van der Waals surface area contributed by atoms with Crippen molar-refractivity contribution in [3.8, 4) is 0 Å². The molecule has 0 aromatic heterocycles. The van der Waals surface area contributed by atoms with Gasteiger partial charge in [0.05, 0.1) is 20.3 Å². The van der Waals surface area contributed by atoms with Crippen LogP contribution in [-0.4, -0.2) is 131 Å². The summed E-state index contributed by atoms with van der Waals surface area (Å²) >= 11 is 0. The molecule has 0 saturated heterocycles. The SMILES string of the molecule is CC(C)(C)OC(=O)[C@H](Cc1ccccc1)NC(=O)C(N)N.CC(C)C(=O)C[C@@H](Cc1ccccc1)C(=O)N[C@@H](CO)C(=O)C[C@@H](C)C(=O)N[C@@H](Cc1ccccc1)C(=O)OC(C)(C)C.COC(=O)[C@H](CO)NC(=O)[C@@H](CC(=O)C(C)C)Cc1ccccc1. The summed E-state index contributed by atoms with van der Waals surface area (Å²) in [6, 6.07) is 32.9. The van der Waals surface area contributed by atoms with Crippen molar-refractivity contribution in [1.82, 2.24) is 21.3 Å². The Balaban J connectivity index is 0.000000494. The lowest BCUT2D eigenvalue weighted by Gasteiger charge is -2.26. The number of hydrogen-bond donors (Lipinski definition) is 8. The van der Waals surface area contributed by atoms with Crippen LogP contribution in [0.1, 0.15) is 118 Å². The number of Topliss-reactive ketones (excluding diaryl/α,β-unsaturated/α-hetero) is 3. The van der Waals surface area contributed by atoms with Crippen LogP contribution in [0.2, 0.25) is 0 Å². The molecule has 482 valence electrons. The predicted octanol–water partition coefficient (Wildman–Crippen LogP) is 5.01. The summed E-state index contributed by atoms with van der Waals surface area (Å²) in [4.78, 5) is 125. The molecular formula is C67H94N6O15. The van der Waals surface area contributed by atoms with E-state index in [1.807, 2.05) is 121 Å². The Morgan fingerprint density at radius 1 is 0.409 bits per heavy atom. The number of ether oxygens (including phenoxy) is 3. The Hall–Kier alpha value is -7.98. The minimum absolute atomic E-state index is 0.00297. The summed E-state index contributed by atoms with van der Waals surface area (Å²) in [6.07, 6.45) is -0.185. The number of aliphatic hydroxyl groups is 2. The van der Waals surface area contributed by atoms with Crippen molar-refractivity contribution in [2.45, 2.75) is 163 Å². The third-order valence-electron chi connectivity index (χ3n) is 13.3. The quantitative estimate of drug-likeness (QED) is 0.0193. The number of nitrogens with two attached hydrogens (primary N) is 2. The second-order valence-corrected chi connectivity index (χ2v) is 24.1. The molecule has 4 amide bonds. The van der Waals surface area contributed by atoms with Crippen LogP contribution in [0.25, 0.3) is 0 Å². The highest BCUT2D eigenvalue weighted by Gasteiger charge is 2.34. The zero-order valence-electron chi connectivity index (χ0n) is 53.0. The molecule has 0 saturated carbocycles. The zero-order chi connectivity index (χ0) is 66.3. The molecule has 0 fully saturated rings. The standard InChI is InChI=1S/C34H46N2O7.C18H25NO5.C15H23N3O3/c1-22(2)29(38)20-26(18-24-13-9-7-10-14-24)32(41)36-28(21-37)30(39)17-23(3)31(40)35-27(33(42)43-34(4,5)6)19-25-15-11-8-12-16-25;1-12(2)16(21)10-14(9-13-7-5-4-6-8-13)17(22)19-15(11-20)18(23)24-3;1-15(2,3)21-14(20)11(18-13(19)12(16)17)9-10-7-5-4-6-8-10/h7-16,22-23,26-28,37H,17-21H2,1-6H3,(H,35,40)(H,36,41);4-8,12,14-15,20H,9-11H2,1-3H3,(H,19,22);4-8,11-12H,9,16-17H2,1-3H3,(H,18,19)/t23-,26-,27+,28+;14-,15+;11-/m110/s1. The maximum atomic E-state index is 13.2. The molecule has 0 aliphatic heterocycles. The molecule has 0 radical (unpaired) electrons. The smallest absolute Gasteiger partial charge is 0.330 e. The van der Waals surface area contributed by atoms with Crippen molar-refractivity contribution in [3.05, 3.63) is 144 Å². The molecule has 0 bridgehead atoms. The third kappa shape index (κ3) is 30.1. The highest BCUT2D eigenvalue weighted by Crippen LogP contribution is 2.20. The maximum Gasteiger partial charge on any atom is 0.330 e. The van der Waals surface area contributed by atoms with Crippen LogP contribution in [0, 0.1) is 29.6 Å². The summed E-state index contributed by atoms with van der Waals surface area (Å²) < 4.78 is 15.4. The summed E-state index contributed by atoms with van der Waals surface area (Å²) in [6.45, 7) is 17.9. The first-order chi connectivity index (χ1) is 41.3. The normalized spacial score (nSPS) is 13.6. The van der Waals surface area contributed by atoms with E-state index in [4.69, 9.17) is 20.9 Å². The molecule has 4 aromatic carbocycles. The van der Waals surface area contributed by atoms with Crippen molar-refractivity contribution in [2.75, 3.05) is 20.3 Å². The van der Waals surface area contributed by atoms with Crippen LogP contribution >= 0.6 is 0 Å². The van der Waals surface area contributed by atoms with Gasteiger partial charge in [-0.25, -0.2) is 14.4 Å². The van der Waals surface area contributed by atoms with Gasteiger partial charge in [0.25, 0.3) is 5.91 Å². The number of benzene rings is 4. The number of carbonyl (C=O) groups is 10. The summed E-state index contributed by atoms with van der Waals surface area (Å²) in [7, 11) is 1.18. The number of esters is 3. The van der Waals surface area contributed by atoms with E-state index in [9.17, 15) is 58.2 Å². The Morgan fingerprint density at radius 3 is 1.01 bits per heavy atom. The van der Waals surface area contributed by atoms with E-state index in [1.54, 1.807) is 69.2 Å². The first-order valence-corrected chi connectivity index (χ1v) is 29.5. The largest absolute Gasteiger partial charge is 0.467 e. The van der Waals surface area contributed by atoms with E-state index in [1.165, 1.54) is 14.0 Å². The molecule has 21 heteroatoms. The van der Waals surface area contributed by atoms with Crippen LogP contribution < -0.4 is 32.7 Å². The molecule has 0 aliphatic carbocycles. The molecule has 0 heterocycles. The number of amides is 4. The van der Waals surface area contributed by atoms with E-state index in [-0.39, 0.29) is 49.1 Å². The number of nitrogens with one attached hydrogen (secondary N) is 4. The Bertz CT molecular complexity index is 2840. The fourth-order valence-corrected chi connectivity index (χ4v) is 8.35. The van der Waals surface area contributed by atoms with Crippen LogP contribution in [0.5, 0.6) is 0 Å². The van der Waals surface area contributed by atoms with Gasteiger partial charge in [0.15, 0.2) is 11.8 Å². The monoisotopic (exact) mass is 1220 g/mol. The Kier molecular flexibility index (Phi) is 33.2. The van der Waals surface area contributed by atoms with E-state index < -0.39 is 120 Å². The van der Waals surface area contributed by atoms with Crippen molar-refractivity contribution >= 4 is 58.9 Å². The van der Waals surface area contributed by atoms with E-state index >= 15 is 0 Å². The summed E-state index contributed by atoms with van der Waals surface area (Å²) in [5, 5.41) is 29.5. The van der Waals surface area contributed by atoms with Gasteiger partial charge in [0, 0.05) is 61.7 Å². The number of carbonyl (C=O) groups excluding carboxylic acids is 10. The predicted molar refractivity (Wildman–Crippen MR) is 333 cm³/mol. The first kappa shape index (κ1) is 76.1. The van der Waals surface area contributed by atoms with Crippen molar-refractivity contribution in [3.63, 3.8) is 0 Å². The molecule has 7 atom stereocenters. The number of ketones is 3. The Morgan fingerprint density at radius 2 is 0.716 bits per heavy atom. The van der Waals surface area contributed by atoms with Crippen molar-refractivity contribution in [2.24, 2.45) is 41.1 Å². The summed E-state index contributed by atoms with van der Waals surface area (Å²) in [5.74, 6) is -7.20. The molecule has 21 nitrogen and oxygen atoms in total. The number of hydrogen-bond acceptors (Lipinski definition) is 17. The number of aliphatic hydroxyl groups excluding tert-OH is 2. The molecular weight excluding hydrogens is 1130 g/mol. The second kappa shape index (κ2) is 38.3. The van der Waals surface area contributed by atoms with Crippen LogP contribution in [0.4, 0.5) is 0 Å². The average molecular weight is 1220 g/mol. The lowest BCUT2D eigenvalue weighted by molar-refractivity contribution is -0.159. The number of rotatable bonds is 30. The van der Waals surface area contributed by atoms with Gasteiger partial charge in [-0.1, -0.05) is 156 Å². The summed E-state index contributed by atoms with van der Waals surface area (Å²) in [5.41, 5.74) is 12.8. The minimum Gasteiger partial charge on any atom is -0.467 e. The second-order valence-electron chi connectivity index (χ2n) is 24.1. The topological polar surface area (TPSA) is 339 Å². The fraction of sp³-hybridized carbons (Fsp3) is 0.493. The van der Waals surface area contributed by atoms with Gasteiger partial charge in [0.2, 0.25) is 17.7 Å².